The van der Waals surface area contributed by atoms with E-state index in [-0.39, 0.29) is 16.4 Å². The summed E-state index contributed by atoms with van der Waals surface area (Å²) in [5.41, 5.74) is 3.10. The summed E-state index contributed by atoms with van der Waals surface area (Å²) in [6, 6.07) is 10.2. The van der Waals surface area contributed by atoms with Crippen LogP contribution in [0.25, 0.3) is 0 Å². The van der Waals surface area contributed by atoms with Gasteiger partial charge in [0.1, 0.15) is 0 Å². The van der Waals surface area contributed by atoms with Crippen LogP contribution in [0, 0.1) is 13.8 Å². The first-order chi connectivity index (χ1) is 11.7. The predicted octanol–water partition coefficient (Wildman–Crippen LogP) is 4.01. The van der Waals surface area contributed by atoms with Crippen LogP contribution in [0.2, 0.25) is 0 Å². The molecule has 5 nitrogen and oxygen atoms in total. The fourth-order valence-electron chi connectivity index (χ4n) is 2.63. The van der Waals surface area contributed by atoms with Crippen LogP contribution in [-0.2, 0) is 14.8 Å². The molecule has 0 aliphatic carbocycles. The first-order valence-electron chi connectivity index (χ1n) is 7.98. The summed E-state index contributed by atoms with van der Waals surface area (Å²) in [7, 11) is -2.58. The zero-order valence-corrected chi connectivity index (χ0v) is 15.9. The van der Waals surface area contributed by atoms with Crippen molar-refractivity contribution >= 4 is 21.7 Å². The van der Waals surface area contributed by atoms with Crippen LogP contribution in [0.4, 0.5) is 5.69 Å². The third kappa shape index (κ3) is 4.02. The number of anilines is 1. The summed E-state index contributed by atoms with van der Waals surface area (Å²) in [6.07, 6.45) is 0. The Hall–Kier alpha value is -2.34. The van der Waals surface area contributed by atoms with Gasteiger partial charge >= 0.3 is 5.97 Å². The molecule has 0 unspecified atom stereocenters. The van der Waals surface area contributed by atoms with Crippen LogP contribution >= 0.6 is 0 Å². The molecule has 25 heavy (non-hydrogen) atoms. The van der Waals surface area contributed by atoms with Crippen LogP contribution in [0.5, 0.6) is 0 Å². The van der Waals surface area contributed by atoms with Gasteiger partial charge in [0.05, 0.1) is 23.3 Å². The highest BCUT2D eigenvalue weighted by Gasteiger charge is 2.22. The number of aryl methyl sites for hydroxylation is 2. The van der Waals surface area contributed by atoms with E-state index in [2.05, 4.69) is 9.46 Å². The number of sulfonamides is 1. The first kappa shape index (κ1) is 19.0. The molecular weight excluding hydrogens is 338 g/mol. The lowest BCUT2D eigenvalue weighted by molar-refractivity contribution is 0.0600. The molecule has 0 bridgehead atoms. The average Bonchev–Trinajstić information content (AvgIpc) is 2.55. The minimum Gasteiger partial charge on any atom is -0.465 e. The van der Waals surface area contributed by atoms with Crippen molar-refractivity contribution in [3.05, 3.63) is 58.7 Å². The Morgan fingerprint density at radius 2 is 1.76 bits per heavy atom. The molecule has 0 saturated carbocycles. The molecule has 0 fully saturated rings. The van der Waals surface area contributed by atoms with Gasteiger partial charge < -0.3 is 4.74 Å². The van der Waals surface area contributed by atoms with Crippen LogP contribution in [-0.4, -0.2) is 21.5 Å². The van der Waals surface area contributed by atoms with Crippen LogP contribution in [0.1, 0.15) is 46.8 Å². The number of methoxy groups -OCH3 is 1. The molecule has 2 aromatic carbocycles. The maximum absolute atomic E-state index is 12.9. The minimum absolute atomic E-state index is 0.0633. The Morgan fingerprint density at radius 1 is 1.08 bits per heavy atom. The van der Waals surface area contributed by atoms with Crippen LogP contribution < -0.4 is 4.72 Å². The fraction of sp³-hybridized carbons (Fsp3) is 0.316. The lowest BCUT2D eigenvalue weighted by Crippen LogP contribution is -2.17. The van der Waals surface area contributed by atoms with E-state index in [0.717, 1.165) is 11.1 Å². The summed E-state index contributed by atoms with van der Waals surface area (Å²) in [6.45, 7) is 7.57. The minimum atomic E-state index is -3.84. The van der Waals surface area contributed by atoms with E-state index in [1.807, 2.05) is 39.0 Å². The predicted molar refractivity (Wildman–Crippen MR) is 98.6 cm³/mol. The summed E-state index contributed by atoms with van der Waals surface area (Å²) < 4.78 is 33.3. The zero-order chi connectivity index (χ0) is 18.8. The molecule has 1 N–H and O–H groups in total. The SMILES string of the molecule is COC(=O)c1ccc(C)c(S(=O)(=O)Nc2c(C)cccc2C(C)C)c1. The van der Waals surface area contributed by atoms with Crippen LogP contribution in [0.3, 0.4) is 0 Å². The maximum Gasteiger partial charge on any atom is 0.337 e. The van der Waals surface area contributed by atoms with Crippen molar-refractivity contribution in [2.45, 2.75) is 38.5 Å². The molecule has 0 amide bonds. The van der Waals surface area contributed by atoms with Gasteiger partial charge in [-0.2, -0.15) is 0 Å². The Bertz CT molecular complexity index is 902. The first-order valence-corrected chi connectivity index (χ1v) is 9.47. The highest BCUT2D eigenvalue weighted by molar-refractivity contribution is 7.92. The summed E-state index contributed by atoms with van der Waals surface area (Å²) >= 11 is 0. The number of benzene rings is 2. The number of esters is 1. The fourth-order valence-corrected chi connectivity index (χ4v) is 4.07. The van der Waals surface area contributed by atoms with Crippen molar-refractivity contribution in [2.24, 2.45) is 0 Å². The molecule has 0 atom stereocenters. The molecule has 0 aromatic heterocycles. The van der Waals surface area contributed by atoms with Crippen molar-refractivity contribution in [3.8, 4) is 0 Å². The monoisotopic (exact) mass is 361 g/mol. The van der Waals surface area contributed by atoms with Crippen molar-refractivity contribution in [2.75, 3.05) is 11.8 Å². The molecule has 0 radical (unpaired) electrons. The van der Waals surface area contributed by atoms with E-state index >= 15 is 0 Å². The highest BCUT2D eigenvalue weighted by atomic mass is 32.2. The molecular formula is C19H23NO4S. The third-order valence-corrected chi connectivity index (χ3v) is 5.55. The second-order valence-corrected chi connectivity index (χ2v) is 7.92. The Labute approximate surface area is 149 Å². The number of rotatable bonds is 5. The van der Waals surface area contributed by atoms with Gasteiger partial charge in [-0.15, -0.1) is 0 Å². The second kappa shape index (κ2) is 7.27. The average molecular weight is 361 g/mol. The maximum atomic E-state index is 12.9. The van der Waals surface area contributed by atoms with E-state index < -0.39 is 16.0 Å². The lowest BCUT2D eigenvalue weighted by Gasteiger charge is -2.18. The second-order valence-electron chi connectivity index (χ2n) is 6.27. The van der Waals surface area contributed by atoms with Crippen molar-refractivity contribution in [1.82, 2.24) is 0 Å². The summed E-state index contributed by atoms with van der Waals surface area (Å²) in [5, 5.41) is 0. The number of carbonyl (C=O) groups is 1. The molecule has 0 spiro atoms. The zero-order valence-electron chi connectivity index (χ0n) is 15.1. The third-order valence-electron chi connectivity index (χ3n) is 4.06. The number of nitrogens with one attached hydrogen (secondary N) is 1. The Balaban J connectivity index is 2.53. The normalized spacial score (nSPS) is 11.4. The van der Waals surface area contributed by atoms with E-state index in [4.69, 9.17) is 0 Å². The van der Waals surface area contributed by atoms with Crippen molar-refractivity contribution < 1.29 is 17.9 Å². The molecule has 0 heterocycles. The van der Waals surface area contributed by atoms with Gasteiger partial charge in [-0.25, -0.2) is 13.2 Å². The van der Waals surface area contributed by atoms with E-state index in [0.29, 0.717) is 11.3 Å². The molecule has 134 valence electrons. The van der Waals surface area contributed by atoms with E-state index in [9.17, 15) is 13.2 Å². The number of para-hydroxylation sites is 1. The highest BCUT2D eigenvalue weighted by Crippen LogP contribution is 2.30. The van der Waals surface area contributed by atoms with Gasteiger partial charge in [0.2, 0.25) is 0 Å². The smallest absolute Gasteiger partial charge is 0.337 e. The van der Waals surface area contributed by atoms with Gasteiger partial charge in [0.25, 0.3) is 10.0 Å². The van der Waals surface area contributed by atoms with Crippen molar-refractivity contribution in [3.63, 3.8) is 0 Å². The number of hydrogen-bond donors (Lipinski definition) is 1. The van der Waals surface area contributed by atoms with Gasteiger partial charge in [0, 0.05) is 0 Å². The Morgan fingerprint density at radius 3 is 2.36 bits per heavy atom. The van der Waals surface area contributed by atoms with Crippen LogP contribution in [0.15, 0.2) is 41.3 Å². The Kier molecular flexibility index (Phi) is 5.52. The van der Waals surface area contributed by atoms with E-state index in [1.54, 1.807) is 19.1 Å². The topological polar surface area (TPSA) is 72.5 Å². The standard InChI is InChI=1S/C19H23NO4S/c1-12(2)16-8-6-7-14(4)18(16)20-25(22,23)17-11-15(19(21)24-5)10-9-13(17)3/h6-12,20H,1-5H3. The van der Waals surface area contributed by atoms with Gasteiger partial charge in [-0.3, -0.25) is 4.72 Å². The molecule has 2 rings (SSSR count). The molecule has 6 heteroatoms. The number of carbonyl (C=O) groups excluding carboxylic acids is 1. The van der Waals surface area contributed by atoms with E-state index in [1.165, 1.54) is 13.2 Å². The van der Waals surface area contributed by atoms with Gasteiger partial charge in [0.15, 0.2) is 0 Å². The molecule has 0 aliphatic heterocycles. The van der Waals surface area contributed by atoms with Gasteiger partial charge in [-0.1, -0.05) is 38.1 Å². The van der Waals surface area contributed by atoms with Gasteiger partial charge in [-0.05, 0) is 48.6 Å². The molecule has 0 aliphatic rings. The lowest BCUT2D eigenvalue weighted by atomic mass is 9.99. The summed E-state index contributed by atoms with van der Waals surface area (Å²) in [5.74, 6) is -0.407. The molecule has 2 aromatic rings. The summed E-state index contributed by atoms with van der Waals surface area (Å²) in [4.78, 5) is 11.8. The van der Waals surface area contributed by atoms with Crippen molar-refractivity contribution in [1.29, 1.82) is 0 Å². The number of hydrogen-bond acceptors (Lipinski definition) is 4. The number of ether oxygens (including phenoxy) is 1. The largest absolute Gasteiger partial charge is 0.465 e. The molecule has 0 saturated heterocycles. The quantitative estimate of drug-likeness (QED) is 0.817.